The fourth-order valence-electron chi connectivity index (χ4n) is 4.28. The summed E-state index contributed by atoms with van der Waals surface area (Å²) in [5.74, 6) is 0.464. The highest BCUT2D eigenvalue weighted by atomic mass is 32.2. The molecule has 0 spiro atoms. The number of aliphatic hydroxyl groups is 3. The Bertz CT molecular complexity index is 493. The highest BCUT2D eigenvalue weighted by Gasteiger charge is 2.48. The molecule has 158 valence electrons. The summed E-state index contributed by atoms with van der Waals surface area (Å²) in [6.07, 6.45) is 0.343. The third kappa shape index (κ3) is 5.16. The summed E-state index contributed by atoms with van der Waals surface area (Å²) in [4.78, 5) is 15.1. The lowest BCUT2D eigenvalue weighted by molar-refractivity contribution is -0.208. The average molecular weight is 405 g/mol. The fraction of sp³-hybridized carbons (Fsp3) is 0.947. The van der Waals surface area contributed by atoms with Crippen LogP contribution in [0.15, 0.2) is 0 Å². The lowest BCUT2D eigenvalue weighted by Gasteiger charge is -2.44. The molecule has 2 fully saturated rings. The predicted molar refractivity (Wildman–Crippen MR) is 106 cm³/mol. The van der Waals surface area contributed by atoms with Crippen molar-refractivity contribution in [1.29, 1.82) is 0 Å². The Labute approximate surface area is 166 Å². The molecular formula is C19H36N2O5S. The van der Waals surface area contributed by atoms with Crippen molar-refractivity contribution in [3.8, 4) is 0 Å². The minimum atomic E-state index is -1.30. The SMILES string of the molecule is CCC[C@@H]1C[C@H](C(=O)N[C@H](C(C)C)[C@@H]2O[C@H](SC)[C@H](O)[C@H](O)[C@H]2O)N(C)C1. The van der Waals surface area contributed by atoms with E-state index < -0.39 is 35.9 Å². The maximum atomic E-state index is 13.0. The number of likely N-dealkylation sites (N-methyl/N-ethyl adjacent to an activating group) is 1. The minimum absolute atomic E-state index is 0.00306. The highest BCUT2D eigenvalue weighted by Crippen LogP contribution is 2.31. The van der Waals surface area contributed by atoms with Crippen molar-refractivity contribution in [2.24, 2.45) is 11.8 Å². The van der Waals surface area contributed by atoms with E-state index in [9.17, 15) is 20.1 Å². The van der Waals surface area contributed by atoms with Gasteiger partial charge in [-0.2, -0.15) is 0 Å². The van der Waals surface area contributed by atoms with Gasteiger partial charge in [0.15, 0.2) is 0 Å². The van der Waals surface area contributed by atoms with Gasteiger partial charge < -0.3 is 25.4 Å². The third-order valence-corrected chi connectivity index (χ3v) is 6.71. The first kappa shape index (κ1) is 22.9. The molecule has 2 saturated heterocycles. The smallest absolute Gasteiger partial charge is 0.237 e. The fourth-order valence-corrected chi connectivity index (χ4v) is 4.96. The van der Waals surface area contributed by atoms with Gasteiger partial charge in [-0.25, -0.2) is 0 Å². The van der Waals surface area contributed by atoms with Crippen molar-refractivity contribution in [2.45, 2.75) is 82.0 Å². The third-order valence-electron chi connectivity index (χ3n) is 5.85. The highest BCUT2D eigenvalue weighted by molar-refractivity contribution is 7.99. The van der Waals surface area contributed by atoms with E-state index in [0.29, 0.717) is 5.92 Å². The number of nitrogens with zero attached hydrogens (tertiary/aromatic N) is 1. The Hall–Kier alpha value is -0.380. The van der Waals surface area contributed by atoms with Gasteiger partial charge in [0.05, 0.1) is 12.1 Å². The normalized spacial score (nSPS) is 38.9. The van der Waals surface area contributed by atoms with Crippen LogP contribution in [0.5, 0.6) is 0 Å². The van der Waals surface area contributed by atoms with E-state index in [0.717, 1.165) is 25.8 Å². The van der Waals surface area contributed by atoms with Gasteiger partial charge in [-0.1, -0.05) is 27.2 Å². The number of carbonyl (C=O) groups is 1. The molecule has 0 aromatic rings. The van der Waals surface area contributed by atoms with Crippen LogP contribution >= 0.6 is 11.8 Å². The number of hydrogen-bond acceptors (Lipinski definition) is 7. The summed E-state index contributed by atoms with van der Waals surface area (Å²) in [6, 6.07) is -0.640. The molecule has 0 radical (unpaired) electrons. The number of carbonyl (C=O) groups excluding carboxylic acids is 1. The molecule has 0 bridgehead atoms. The summed E-state index contributed by atoms with van der Waals surface area (Å²) in [6.45, 7) is 6.97. The van der Waals surface area contributed by atoms with Gasteiger partial charge in [-0.15, -0.1) is 11.8 Å². The second-order valence-corrected chi connectivity index (χ2v) is 9.24. The summed E-state index contributed by atoms with van der Waals surface area (Å²) in [5, 5.41) is 33.8. The number of thioether (sulfide) groups is 1. The molecular weight excluding hydrogens is 368 g/mol. The predicted octanol–water partition coefficient (Wildman–Crippen LogP) is 0.418. The van der Waals surface area contributed by atoms with E-state index in [1.54, 1.807) is 6.26 Å². The molecule has 2 aliphatic heterocycles. The summed E-state index contributed by atoms with van der Waals surface area (Å²) < 4.78 is 5.88. The number of nitrogens with one attached hydrogen (secondary N) is 1. The van der Waals surface area contributed by atoms with Crippen molar-refractivity contribution in [3.05, 3.63) is 0 Å². The number of rotatable bonds is 7. The zero-order valence-electron chi connectivity index (χ0n) is 17.0. The second kappa shape index (κ2) is 9.89. The molecule has 8 heteroatoms. The lowest BCUT2D eigenvalue weighted by atomic mass is 9.88. The minimum Gasteiger partial charge on any atom is -0.388 e. The van der Waals surface area contributed by atoms with E-state index in [4.69, 9.17) is 4.74 Å². The number of likely N-dealkylation sites (tertiary alicyclic amines) is 1. The Morgan fingerprint density at radius 3 is 2.48 bits per heavy atom. The maximum Gasteiger partial charge on any atom is 0.237 e. The van der Waals surface area contributed by atoms with Crippen LogP contribution in [-0.4, -0.2) is 87.9 Å². The Balaban J connectivity index is 2.09. The summed E-state index contributed by atoms with van der Waals surface area (Å²) in [5.41, 5.74) is -0.644. The molecule has 8 atom stereocenters. The number of ether oxygens (including phenoxy) is 1. The van der Waals surface area contributed by atoms with Gasteiger partial charge >= 0.3 is 0 Å². The van der Waals surface area contributed by atoms with Gasteiger partial charge in [0.2, 0.25) is 5.91 Å². The van der Waals surface area contributed by atoms with E-state index >= 15 is 0 Å². The molecule has 4 N–H and O–H groups in total. The molecule has 0 aliphatic carbocycles. The van der Waals surface area contributed by atoms with Crippen molar-refractivity contribution >= 4 is 17.7 Å². The van der Waals surface area contributed by atoms with E-state index in [2.05, 4.69) is 17.1 Å². The standard InChI is InChI=1S/C19H36N2O5S/c1-6-7-11-8-12(21(4)9-11)18(25)20-13(10(2)3)17-15(23)14(22)16(24)19(26-17)27-5/h10-17,19,22-24H,6-9H2,1-5H3,(H,20,25)/t11-,12-,13-,14-,15-,16-,17+,19-/m1/s1. The van der Waals surface area contributed by atoms with Crippen molar-refractivity contribution in [1.82, 2.24) is 10.2 Å². The average Bonchev–Trinajstić information content (AvgIpc) is 2.99. The second-order valence-electron chi connectivity index (χ2n) is 8.30. The van der Waals surface area contributed by atoms with Crippen LogP contribution in [-0.2, 0) is 9.53 Å². The molecule has 0 unspecified atom stereocenters. The van der Waals surface area contributed by atoms with Crippen LogP contribution in [0.1, 0.15) is 40.0 Å². The van der Waals surface area contributed by atoms with Gasteiger partial charge in [0.25, 0.3) is 0 Å². The molecule has 0 aromatic heterocycles. The topological polar surface area (TPSA) is 102 Å². The zero-order valence-corrected chi connectivity index (χ0v) is 17.9. The summed E-state index contributed by atoms with van der Waals surface area (Å²) >= 11 is 1.28. The number of amides is 1. The van der Waals surface area contributed by atoms with Crippen LogP contribution < -0.4 is 5.32 Å². The maximum absolute atomic E-state index is 13.0. The van der Waals surface area contributed by atoms with Gasteiger partial charge in [0.1, 0.15) is 29.9 Å². The first-order valence-electron chi connectivity index (χ1n) is 9.94. The molecule has 2 rings (SSSR count). The van der Waals surface area contributed by atoms with Crippen molar-refractivity contribution < 1.29 is 24.9 Å². The van der Waals surface area contributed by atoms with E-state index in [-0.39, 0.29) is 17.9 Å². The first-order valence-corrected chi connectivity index (χ1v) is 11.2. The monoisotopic (exact) mass is 404 g/mol. The molecule has 1 amide bonds. The first-order chi connectivity index (χ1) is 12.7. The molecule has 27 heavy (non-hydrogen) atoms. The molecule has 2 aliphatic rings. The Kier molecular flexibility index (Phi) is 8.39. The number of aliphatic hydroxyl groups excluding tert-OH is 3. The van der Waals surface area contributed by atoms with Crippen molar-refractivity contribution in [3.63, 3.8) is 0 Å². The molecule has 2 heterocycles. The Morgan fingerprint density at radius 2 is 1.93 bits per heavy atom. The zero-order chi connectivity index (χ0) is 20.3. The van der Waals surface area contributed by atoms with Crippen LogP contribution in [0.2, 0.25) is 0 Å². The van der Waals surface area contributed by atoms with Crippen LogP contribution in [0.25, 0.3) is 0 Å². The van der Waals surface area contributed by atoms with Crippen LogP contribution in [0.4, 0.5) is 0 Å². The van der Waals surface area contributed by atoms with Crippen LogP contribution in [0.3, 0.4) is 0 Å². The van der Waals surface area contributed by atoms with Crippen LogP contribution in [0, 0.1) is 11.8 Å². The van der Waals surface area contributed by atoms with Gasteiger partial charge in [0, 0.05) is 6.54 Å². The molecule has 7 nitrogen and oxygen atoms in total. The summed E-state index contributed by atoms with van der Waals surface area (Å²) in [7, 11) is 1.97. The quantitative estimate of drug-likeness (QED) is 0.488. The largest absolute Gasteiger partial charge is 0.388 e. The molecule has 0 aromatic carbocycles. The van der Waals surface area contributed by atoms with E-state index in [1.165, 1.54) is 11.8 Å². The number of hydrogen-bond donors (Lipinski definition) is 4. The Morgan fingerprint density at radius 1 is 1.26 bits per heavy atom. The van der Waals surface area contributed by atoms with Crippen molar-refractivity contribution in [2.75, 3.05) is 19.8 Å². The van der Waals surface area contributed by atoms with E-state index in [1.807, 2.05) is 20.9 Å². The van der Waals surface area contributed by atoms with Gasteiger partial charge in [-0.3, -0.25) is 9.69 Å². The lowest BCUT2D eigenvalue weighted by Crippen LogP contribution is -2.64. The molecule has 0 saturated carbocycles. The van der Waals surface area contributed by atoms with Gasteiger partial charge in [-0.05, 0) is 38.0 Å².